The molecule has 72 heavy (non-hydrogen) atoms. The largest absolute Gasteiger partial charge is 0.456 e. The van der Waals surface area contributed by atoms with Crippen molar-refractivity contribution in [2.75, 3.05) is 9.80 Å². The molecule has 6 nitrogen and oxygen atoms in total. The molecule has 11 aromatic carbocycles. The third-order valence-electron chi connectivity index (χ3n) is 15.2. The van der Waals surface area contributed by atoms with Gasteiger partial charge in [0, 0.05) is 107 Å². The van der Waals surface area contributed by atoms with Gasteiger partial charge in [0.2, 0.25) is 0 Å². The second kappa shape index (κ2) is 15.6. The highest BCUT2D eigenvalue weighted by molar-refractivity contribution is 6.19. The standard InChI is InChI=1S/C66H46N4O2/c1-3-67-59-21-13-11-19-51(59)53-29-27-49(37-61(53)67)69(45-15-7-5-8-16-45)47-25-23-41-33-55-57-39-58-56-34-42-24-26-48(32-44(42)36-64(56)72-66(58)40-65(57)71-63(55)35-43(41)31-47)70(46-17-9-6-10-18-46)50-28-30-54-52-20-12-14-22-60(52)68(4-2)62(54)38-50/h5-40H,3-4H2,1-2H3. The third kappa shape index (κ3) is 6.09. The lowest BCUT2D eigenvalue weighted by Crippen LogP contribution is -2.10. The number of rotatable bonds is 8. The van der Waals surface area contributed by atoms with Gasteiger partial charge in [-0.15, -0.1) is 0 Å². The van der Waals surface area contributed by atoms with Gasteiger partial charge < -0.3 is 27.8 Å². The van der Waals surface area contributed by atoms with Crippen molar-refractivity contribution in [3.63, 3.8) is 0 Å². The average Bonchev–Trinajstić information content (AvgIpc) is 4.15. The van der Waals surface area contributed by atoms with Crippen LogP contribution in [-0.4, -0.2) is 9.13 Å². The van der Waals surface area contributed by atoms with Crippen LogP contribution in [-0.2, 0) is 13.1 Å². The van der Waals surface area contributed by atoms with Gasteiger partial charge >= 0.3 is 0 Å². The Kier molecular flexibility index (Phi) is 8.81. The number of nitrogens with zero attached hydrogens (tertiary/aromatic N) is 4. The molecule has 0 saturated carbocycles. The minimum atomic E-state index is 0.807. The van der Waals surface area contributed by atoms with Crippen molar-refractivity contribution >= 4 is 143 Å². The van der Waals surface area contributed by atoms with E-state index in [9.17, 15) is 0 Å². The predicted octanol–water partition coefficient (Wildman–Crippen LogP) is 19.0. The van der Waals surface area contributed by atoms with Crippen molar-refractivity contribution in [1.82, 2.24) is 9.13 Å². The first kappa shape index (κ1) is 40.6. The smallest absolute Gasteiger partial charge is 0.139 e. The first-order chi connectivity index (χ1) is 35.6. The lowest BCUT2D eigenvalue weighted by Gasteiger charge is -2.26. The molecule has 0 amide bonds. The maximum Gasteiger partial charge on any atom is 0.139 e. The van der Waals surface area contributed by atoms with Gasteiger partial charge in [-0.25, -0.2) is 0 Å². The Bertz CT molecular complexity index is 4380. The maximum atomic E-state index is 6.72. The Balaban J connectivity index is 0.816. The van der Waals surface area contributed by atoms with Crippen LogP contribution in [0.1, 0.15) is 13.8 Å². The molecule has 15 aromatic rings. The van der Waals surface area contributed by atoms with Crippen molar-refractivity contribution in [3.8, 4) is 0 Å². The number of para-hydroxylation sites is 4. The van der Waals surface area contributed by atoms with E-state index in [1.165, 1.54) is 43.6 Å². The summed E-state index contributed by atoms with van der Waals surface area (Å²) in [7, 11) is 0. The van der Waals surface area contributed by atoms with Crippen LogP contribution >= 0.6 is 0 Å². The van der Waals surface area contributed by atoms with Crippen LogP contribution < -0.4 is 9.80 Å². The van der Waals surface area contributed by atoms with E-state index in [2.05, 4.69) is 251 Å². The van der Waals surface area contributed by atoms with Gasteiger partial charge in [0.15, 0.2) is 0 Å². The molecule has 0 N–H and O–H groups in total. The summed E-state index contributed by atoms with van der Waals surface area (Å²) in [5, 5.41) is 13.9. The molecule has 4 heterocycles. The monoisotopic (exact) mass is 926 g/mol. The molecule has 0 bridgehead atoms. The number of fused-ring (bicyclic) bond motifs is 14. The maximum absolute atomic E-state index is 6.72. The second-order valence-corrected chi connectivity index (χ2v) is 19.1. The predicted molar refractivity (Wildman–Crippen MR) is 303 cm³/mol. The van der Waals surface area contributed by atoms with Crippen molar-refractivity contribution in [2.24, 2.45) is 0 Å². The number of anilines is 6. The van der Waals surface area contributed by atoms with E-state index < -0.39 is 0 Å². The minimum Gasteiger partial charge on any atom is -0.456 e. The summed E-state index contributed by atoms with van der Waals surface area (Å²) >= 11 is 0. The lowest BCUT2D eigenvalue weighted by molar-refractivity contribution is 0.656. The molecule has 6 heteroatoms. The fourth-order valence-electron chi connectivity index (χ4n) is 11.9. The quantitative estimate of drug-likeness (QED) is 0.152. The molecule has 0 atom stereocenters. The second-order valence-electron chi connectivity index (χ2n) is 19.1. The highest BCUT2D eigenvalue weighted by Gasteiger charge is 2.21. The number of benzene rings is 11. The topological polar surface area (TPSA) is 42.6 Å². The Morgan fingerprint density at radius 3 is 1.11 bits per heavy atom. The van der Waals surface area contributed by atoms with E-state index in [1.54, 1.807) is 0 Å². The Labute approximate surface area is 414 Å². The minimum absolute atomic E-state index is 0.807. The molecule has 0 aliphatic heterocycles. The number of hydrogen-bond donors (Lipinski definition) is 0. The molecular weight excluding hydrogens is 881 g/mol. The van der Waals surface area contributed by atoms with E-state index >= 15 is 0 Å². The molecule has 342 valence electrons. The summed E-state index contributed by atoms with van der Waals surface area (Å²) in [6.07, 6.45) is 0. The normalized spacial score (nSPS) is 12.1. The van der Waals surface area contributed by atoms with Crippen LogP contribution in [0.25, 0.3) is 109 Å². The fourth-order valence-corrected chi connectivity index (χ4v) is 11.9. The summed E-state index contributed by atoms with van der Waals surface area (Å²) in [4.78, 5) is 4.71. The number of furan rings is 2. The van der Waals surface area contributed by atoms with Crippen LogP contribution in [0.15, 0.2) is 227 Å². The summed E-state index contributed by atoms with van der Waals surface area (Å²) < 4.78 is 18.3. The van der Waals surface area contributed by atoms with Crippen molar-refractivity contribution in [3.05, 3.63) is 218 Å². The molecule has 15 rings (SSSR count). The van der Waals surface area contributed by atoms with E-state index in [1.807, 2.05) is 0 Å². The van der Waals surface area contributed by atoms with Crippen molar-refractivity contribution in [1.29, 1.82) is 0 Å². The van der Waals surface area contributed by atoms with Crippen LogP contribution in [0.4, 0.5) is 34.1 Å². The fraction of sp³-hybridized carbons (Fsp3) is 0.0606. The van der Waals surface area contributed by atoms with E-state index in [0.29, 0.717) is 0 Å². The Hall–Kier alpha value is -9.26. The molecular formula is C66H46N4O2. The van der Waals surface area contributed by atoms with Gasteiger partial charge in [0.1, 0.15) is 22.3 Å². The zero-order valence-corrected chi connectivity index (χ0v) is 39.8. The molecule has 0 aliphatic carbocycles. The van der Waals surface area contributed by atoms with Gasteiger partial charge in [0.05, 0.1) is 11.0 Å². The van der Waals surface area contributed by atoms with E-state index in [-0.39, 0.29) is 0 Å². The van der Waals surface area contributed by atoms with E-state index in [4.69, 9.17) is 8.83 Å². The molecule has 4 aromatic heterocycles. The molecule has 0 spiro atoms. The number of aryl methyl sites for hydroxylation is 2. The number of hydrogen-bond acceptors (Lipinski definition) is 4. The lowest BCUT2D eigenvalue weighted by atomic mass is 10.0. The van der Waals surface area contributed by atoms with Gasteiger partial charge in [-0.05, 0) is 151 Å². The Morgan fingerprint density at radius 2 is 0.653 bits per heavy atom. The SMILES string of the molecule is CCn1c2ccccc2c2ccc(N(c3ccccc3)c3ccc4cc5c(cc4c3)oc3cc4oc6cc7cc(N(c8ccccc8)c8ccc9c%10ccccc%10n(CC)c9c8)ccc7cc6c4cc35)cc21. The van der Waals surface area contributed by atoms with Crippen molar-refractivity contribution < 1.29 is 8.83 Å². The summed E-state index contributed by atoms with van der Waals surface area (Å²) in [5.74, 6) is 0. The average molecular weight is 927 g/mol. The van der Waals surface area contributed by atoms with E-state index in [0.717, 1.165) is 113 Å². The molecule has 0 radical (unpaired) electrons. The zero-order chi connectivity index (χ0) is 47.6. The first-order valence-corrected chi connectivity index (χ1v) is 25.0. The first-order valence-electron chi connectivity index (χ1n) is 25.0. The van der Waals surface area contributed by atoms with Gasteiger partial charge in [-0.2, -0.15) is 0 Å². The van der Waals surface area contributed by atoms with Crippen LogP contribution in [0.5, 0.6) is 0 Å². The third-order valence-corrected chi connectivity index (χ3v) is 15.2. The van der Waals surface area contributed by atoms with Crippen LogP contribution in [0.2, 0.25) is 0 Å². The molecule has 0 fully saturated rings. The summed E-state index contributed by atoms with van der Waals surface area (Å²) in [6.45, 7) is 6.23. The molecule has 0 aliphatic rings. The summed E-state index contributed by atoms with van der Waals surface area (Å²) in [6, 6.07) is 79.3. The zero-order valence-electron chi connectivity index (χ0n) is 39.8. The van der Waals surface area contributed by atoms with Crippen LogP contribution in [0.3, 0.4) is 0 Å². The number of aromatic nitrogens is 2. The van der Waals surface area contributed by atoms with Gasteiger partial charge in [0.25, 0.3) is 0 Å². The highest BCUT2D eigenvalue weighted by atomic mass is 16.3. The van der Waals surface area contributed by atoms with Gasteiger partial charge in [-0.1, -0.05) is 97.1 Å². The van der Waals surface area contributed by atoms with Gasteiger partial charge in [-0.3, -0.25) is 0 Å². The Morgan fingerprint density at radius 1 is 0.278 bits per heavy atom. The van der Waals surface area contributed by atoms with Crippen molar-refractivity contribution in [2.45, 2.75) is 26.9 Å². The summed E-state index contributed by atoms with van der Waals surface area (Å²) in [5.41, 5.74) is 14.9. The molecule has 0 saturated heterocycles. The highest BCUT2D eigenvalue weighted by Crippen LogP contribution is 2.44. The molecule has 0 unspecified atom stereocenters. The van der Waals surface area contributed by atoms with Crippen LogP contribution in [0, 0.1) is 0 Å².